The van der Waals surface area contributed by atoms with Crippen LogP contribution in [0.25, 0.3) is 0 Å². The third-order valence-electron chi connectivity index (χ3n) is 8.07. The fraction of sp³-hybridized carbons (Fsp3) is 0.676. The lowest BCUT2D eigenvalue weighted by atomic mass is 9.84. The summed E-state index contributed by atoms with van der Waals surface area (Å²) >= 11 is 0. The molecule has 1 aromatic carbocycles. The van der Waals surface area contributed by atoms with Gasteiger partial charge >= 0.3 is 5.97 Å². The van der Waals surface area contributed by atoms with Gasteiger partial charge in [0.25, 0.3) is 0 Å². The van der Waals surface area contributed by atoms with Gasteiger partial charge in [-0.05, 0) is 68.7 Å². The quantitative estimate of drug-likeness (QED) is 0.0614. The highest BCUT2D eigenvalue weighted by Crippen LogP contribution is 2.22. The molecule has 0 aliphatic rings. The largest absolute Gasteiger partial charge is 0.425 e. The number of amides is 3. The normalized spacial score (nSPS) is 13.7. The number of hydrogen-bond acceptors (Lipinski definition) is 8. The molecule has 45 heavy (non-hydrogen) atoms. The number of ketones is 1. The Morgan fingerprint density at radius 2 is 1.58 bits per heavy atom. The molecule has 0 fully saturated rings. The minimum absolute atomic E-state index is 0.000162. The van der Waals surface area contributed by atoms with Crippen LogP contribution >= 0.6 is 0 Å². The fourth-order valence-electron chi connectivity index (χ4n) is 4.93. The van der Waals surface area contributed by atoms with Crippen LogP contribution in [0.15, 0.2) is 24.3 Å². The third kappa shape index (κ3) is 17.1. The maximum absolute atomic E-state index is 13.7. The Kier molecular flexibility index (Phi) is 20.4. The number of benzene rings is 1. The fourth-order valence-corrected chi connectivity index (χ4v) is 4.93. The Balaban J connectivity index is 2.94. The summed E-state index contributed by atoms with van der Waals surface area (Å²) in [5.41, 5.74) is 17.4. The number of Topliss-reactive ketones (excluding diaryl/α,β-unsaturated/α-hetero) is 1. The van der Waals surface area contributed by atoms with E-state index >= 15 is 0 Å². The Morgan fingerprint density at radius 3 is 2.20 bits per heavy atom. The van der Waals surface area contributed by atoms with E-state index in [2.05, 4.69) is 17.6 Å². The highest BCUT2D eigenvalue weighted by molar-refractivity contribution is 5.92. The van der Waals surface area contributed by atoms with E-state index in [9.17, 15) is 24.0 Å². The van der Waals surface area contributed by atoms with Crippen molar-refractivity contribution in [1.82, 2.24) is 10.6 Å². The van der Waals surface area contributed by atoms with Gasteiger partial charge in [-0.3, -0.25) is 19.2 Å². The SMILES string of the molecule is CCCCCC(=O)N[C@@H](Cc1ccc(OC(=O)[C@@H](N)CCCCN)cc1)C(=O)C[C@H](C(=O)NCCCCCC(N)=O)[C@@H](C)CC. The van der Waals surface area contributed by atoms with Crippen molar-refractivity contribution in [1.29, 1.82) is 0 Å². The van der Waals surface area contributed by atoms with Crippen LogP contribution in [-0.2, 0) is 30.4 Å². The van der Waals surface area contributed by atoms with Crippen molar-refractivity contribution in [3.05, 3.63) is 29.8 Å². The van der Waals surface area contributed by atoms with Crippen molar-refractivity contribution >= 4 is 29.5 Å². The van der Waals surface area contributed by atoms with E-state index in [0.717, 1.165) is 50.5 Å². The molecule has 0 radical (unpaired) electrons. The second-order valence-electron chi connectivity index (χ2n) is 12.0. The Hall–Kier alpha value is -3.31. The van der Waals surface area contributed by atoms with Gasteiger partial charge in [-0.1, -0.05) is 65.0 Å². The van der Waals surface area contributed by atoms with Gasteiger partial charge in [0, 0.05) is 31.7 Å². The summed E-state index contributed by atoms with van der Waals surface area (Å²) in [5.74, 6) is -1.69. The predicted molar refractivity (Wildman–Crippen MR) is 176 cm³/mol. The van der Waals surface area contributed by atoms with E-state index in [4.69, 9.17) is 21.9 Å². The number of ether oxygens (including phenoxy) is 1. The van der Waals surface area contributed by atoms with Gasteiger partial charge in [0.1, 0.15) is 11.8 Å². The summed E-state index contributed by atoms with van der Waals surface area (Å²) in [6.07, 6.45) is 8.38. The standard InChI is InChI=1S/C34H57N5O6/c1-4-6-8-15-32(42)39-29(22-25-16-18-26(19-17-25)45-34(44)28(36)13-10-11-20-35)30(40)23-27(24(3)5-2)33(43)38-21-12-7-9-14-31(37)41/h16-19,24,27-29H,4-15,20-23,35-36H2,1-3H3,(H2,37,41)(H,38,43)(H,39,42)/t24-,27-,28-,29-/m0/s1. The van der Waals surface area contributed by atoms with E-state index in [1.807, 2.05) is 13.8 Å². The van der Waals surface area contributed by atoms with Crippen LogP contribution in [0.4, 0.5) is 0 Å². The number of rotatable bonds is 25. The van der Waals surface area contributed by atoms with Crippen LogP contribution < -0.4 is 32.6 Å². The molecule has 0 saturated heterocycles. The zero-order valence-corrected chi connectivity index (χ0v) is 27.6. The highest BCUT2D eigenvalue weighted by Gasteiger charge is 2.30. The smallest absolute Gasteiger partial charge is 0.328 e. The summed E-state index contributed by atoms with van der Waals surface area (Å²) in [5, 5.41) is 5.87. The van der Waals surface area contributed by atoms with Gasteiger partial charge in [-0.25, -0.2) is 4.79 Å². The van der Waals surface area contributed by atoms with Gasteiger partial charge in [-0.15, -0.1) is 0 Å². The van der Waals surface area contributed by atoms with E-state index in [1.54, 1.807) is 24.3 Å². The summed E-state index contributed by atoms with van der Waals surface area (Å²) < 4.78 is 5.42. The van der Waals surface area contributed by atoms with Crippen LogP contribution in [0.1, 0.15) is 110 Å². The molecule has 0 aliphatic carbocycles. The molecule has 0 unspecified atom stereocenters. The Morgan fingerprint density at radius 1 is 0.889 bits per heavy atom. The van der Waals surface area contributed by atoms with Gasteiger partial charge in [0.15, 0.2) is 5.78 Å². The average molecular weight is 632 g/mol. The molecule has 0 aliphatic heterocycles. The van der Waals surface area contributed by atoms with E-state index in [1.165, 1.54) is 0 Å². The molecule has 1 aromatic rings. The zero-order valence-electron chi connectivity index (χ0n) is 27.6. The van der Waals surface area contributed by atoms with Crippen molar-refractivity contribution < 1.29 is 28.7 Å². The molecular formula is C34H57N5O6. The van der Waals surface area contributed by atoms with Crippen LogP contribution in [-0.4, -0.2) is 54.6 Å². The first-order valence-electron chi connectivity index (χ1n) is 16.7. The summed E-state index contributed by atoms with van der Waals surface area (Å²) in [6, 6.07) is 5.24. The zero-order chi connectivity index (χ0) is 33.6. The van der Waals surface area contributed by atoms with Gasteiger partial charge < -0.3 is 32.6 Å². The number of carbonyl (C=O) groups excluding carboxylic acids is 5. The van der Waals surface area contributed by atoms with Crippen molar-refractivity contribution in [3.8, 4) is 5.75 Å². The van der Waals surface area contributed by atoms with Crippen molar-refractivity contribution in [2.24, 2.45) is 29.0 Å². The molecule has 11 nitrogen and oxygen atoms in total. The molecule has 0 aromatic heterocycles. The number of carbonyl (C=O) groups is 5. The van der Waals surface area contributed by atoms with Gasteiger partial charge in [0.2, 0.25) is 17.7 Å². The maximum Gasteiger partial charge on any atom is 0.328 e. The minimum atomic E-state index is -0.809. The van der Waals surface area contributed by atoms with Crippen LogP contribution in [0.3, 0.4) is 0 Å². The number of nitrogens with one attached hydrogen (secondary N) is 2. The average Bonchev–Trinajstić information content (AvgIpc) is 3.01. The van der Waals surface area contributed by atoms with Gasteiger partial charge in [-0.2, -0.15) is 0 Å². The number of unbranched alkanes of at least 4 members (excludes halogenated alkanes) is 5. The minimum Gasteiger partial charge on any atom is -0.425 e. The summed E-state index contributed by atoms with van der Waals surface area (Å²) in [4.78, 5) is 62.9. The van der Waals surface area contributed by atoms with Crippen LogP contribution in [0.5, 0.6) is 5.75 Å². The molecule has 11 heteroatoms. The van der Waals surface area contributed by atoms with Crippen LogP contribution in [0.2, 0.25) is 0 Å². The molecule has 0 spiro atoms. The Labute approximate surface area is 269 Å². The molecule has 1 rings (SSSR count). The first-order chi connectivity index (χ1) is 21.5. The van der Waals surface area contributed by atoms with Gasteiger partial charge in [0.05, 0.1) is 6.04 Å². The van der Waals surface area contributed by atoms with Crippen molar-refractivity contribution in [3.63, 3.8) is 0 Å². The molecular weight excluding hydrogens is 574 g/mol. The Bertz CT molecular complexity index is 1050. The summed E-state index contributed by atoms with van der Waals surface area (Å²) in [7, 11) is 0. The van der Waals surface area contributed by atoms with Crippen molar-refractivity contribution in [2.45, 2.75) is 123 Å². The number of hydrogen-bond donors (Lipinski definition) is 5. The highest BCUT2D eigenvalue weighted by atomic mass is 16.5. The first-order valence-corrected chi connectivity index (χ1v) is 16.7. The molecule has 3 amide bonds. The lowest BCUT2D eigenvalue weighted by molar-refractivity contribution is -0.136. The van der Waals surface area contributed by atoms with E-state index < -0.39 is 24.0 Å². The van der Waals surface area contributed by atoms with E-state index in [-0.39, 0.29) is 42.3 Å². The van der Waals surface area contributed by atoms with Crippen LogP contribution in [0, 0.1) is 11.8 Å². The topological polar surface area (TPSA) is 197 Å². The number of esters is 1. The molecule has 0 saturated carbocycles. The molecule has 254 valence electrons. The van der Waals surface area contributed by atoms with E-state index in [0.29, 0.717) is 50.9 Å². The lowest BCUT2D eigenvalue weighted by Gasteiger charge is -2.25. The monoisotopic (exact) mass is 631 g/mol. The molecule has 0 heterocycles. The second kappa shape index (κ2) is 23.1. The molecule has 0 bridgehead atoms. The predicted octanol–water partition coefficient (Wildman–Crippen LogP) is 3.44. The first kappa shape index (κ1) is 39.7. The lowest BCUT2D eigenvalue weighted by Crippen LogP contribution is -2.45. The van der Waals surface area contributed by atoms with Crippen molar-refractivity contribution in [2.75, 3.05) is 13.1 Å². The number of primary amides is 1. The second-order valence-corrected chi connectivity index (χ2v) is 12.0. The summed E-state index contributed by atoms with van der Waals surface area (Å²) in [6.45, 7) is 6.98. The maximum atomic E-state index is 13.7. The third-order valence-corrected chi connectivity index (χ3v) is 8.07. The molecule has 8 N–H and O–H groups in total. The number of nitrogens with two attached hydrogens (primary N) is 3. The molecule has 4 atom stereocenters.